The minimum absolute atomic E-state index is 0.124. The molecule has 5 nitrogen and oxygen atoms in total. The summed E-state index contributed by atoms with van der Waals surface area (Å²) < 4.78 is 22.4. The van der Waals surface area contributed by atoms with Crippen molar-refractivity contribution in [3.63, 3.8) is 0 Å². The first-order chi connectivity index (χ1) is 11.0. The van der Waals surface area contributed by atoms with Gasteiger partial charge in [0.25, 0.3) is 0 Å². The minimum Gasteiger partial charge on any atom is -0.493 e. The molecule has 0 aliphatic carbocycles. The Hall–Kier alpha value is -2.34. The van der Waals surface area contributed by atoms with Crippen LogP contribution in [0.5, 0.6) is 11.5 Å². The van der Waals surface area contributed by atoms with Crippen molar-refractivity contribution in [3.05, 3.63) is 48.0 Å². The number of methoxy groups -OCH3 is 2. The minimum atomic E-state index is -1.30. The summed E-state index contributed by atoms with van der Waals surface area (Å²) in [5.74, 6) is 0.923. The van der Waals surface area contributed by atoms with Gasteiger partial charge in [-0.3, -0.25) is 9.00 Å². The van der Waals surface area contributed by atoms with Crippen LogP contribution in [0.4, 0.5) is 0 Å². The average Bonchev–Trinajstić information content (AvgIpc) is 2.53. The summed E-state index contributed by atoms with van der Waals surface area (Å²) in [4.78, 5) is 10.8. The molecule has 2 N–H and O–H groups in total. The smallest absolute Gasteiger partial charge is 0.230 e. The van der Waals surface area contributed by atoms with Gasteiger partial charge in [-0.2, -0.15) is 0 Å². The molecule has 2 rings (SSSR count). The normalized spacial score (nSPS) is 11.7. The van der Waals surface area contributed by atoms with Crippen molar-refractivity contribution in [2.24, 2.45) is 5.73 Å². The predicted molar refractivity (Wildman–Crippen MR) is 90.9 cm³/mol. The molecular weight excluding hydrogens is 314 g/mol. The predicted octanol–water partition coefficient (Wildman–Crippen LogP) is 2.10. The molecule has 1 atom stereocenters. The van der Waals surface area contributed by atoms with E-state index in [1.54, 1.807) is 14.2 Å². The molecule has 1 unspecified atom stereocenters. The van der Waals surface area contributed by atoms with Crippen LogP contribution in [-0.4, -0.2) is 30.1 Å². The highest BCUT2D eigenvalue weighted by Gasteiger charge is 2.09. The average molecular weight is 333 g/mol. The second kappa shape index (κ2) is 7.78. The monoisotopic (exact) mass is 333 g/mol. The third-order valence-corrected chi connectivity index (χ3v) is 4.54. The van der Waals surface area contributed by atoms with Gasteiger partial charge < -0.3 is 15.2 Å². The van der Waals surface area contributed by atoms with Gasteiger partial charge >= 0.3 is 0 Å². The molecule has 0 heterocycles. The lowest BCUT2D eigenvalue weighted by Crippen LogP contribution is -2.20. The van der Waals surface area contributed by atoms with Crippen LogP contribution < -0.4 is 15.2 Å². The van der Waals surface area contributed by atoms with Gasteiger partial charge in [0.05, 0.1) is 14.2 Å². The molecule has 23 heavy (non-hydrogen) atoms. The van der Waals surface area contributed by atoms with Crippen molar-refractivity contribution in [1.82, 2.24) is 0 Å². The first-order valence-corrected chi connectivity index (χ1v) is 8.47. The number of primary amides is 1. The van der Waals surface area contributed by atoms with E-state index in [1.165, 1.54) is 0 Å². The third-order valence-electron chi connectivity index (χ3n) is 3.27. The molecule has 6 heteroatoms. The van der Waals surface area contributed by atoms with Crippen molar-refractivity contribution in [2.75, 3.05) is 20.0 Å². The van der Waals surface area contributed by atoms with Gasteiger partial charge in [-0.1, -0.05) is 30.3 Å². The Kier molecular flexibility index (Phi) is 5.76. The fourth-order valence-electron chi connectivity index (χ4n) is 2.25. The number of hydrogen-bond donors (Lipinski definition) is 1. The first kappa shape index (κ1) is 17.0. The van der Waals surface area contributed by atoms with E-state index in [2.05, 4.69) is 0 Å². The zero-order valence-electron chi connectivity index (χ0n) is 13.1. The molecule has 2 aromatic rings. The first-order valence-electron chi connectivity index (χ1n) is 6.98. The quantitative estimate of drug-likeness (QED) is 0.842. The van der Waals surface area contributed by atoms with E-state index >= 15 is 0 Å². The van der Waals surface area contributed by atoms with Gasteiger partial charge in [-0.05, 0) is 28.8 Å². The molecule has 122 valence electrons. The highest BCUT2D eigenvalue weighted by Crippen LogP contribution is 2.32. The molecule has 0 radical (unpaired) electrons. The highest BCUT2D eigenvalue weighted by atomic mass is 32.2. The Balaban J connectivity index is 2.26. The van der Waals surface area contributed by atoms with Crippen LogP contribution in [0, 0.1) is 0 Å². The fourth-order valence-corrected chi connectivity index (χ4v) is 3.22. The Morgan fingerprint density at radius 3 is 2.39 bits per heavy atom. The molecule has 0 bridgehead atoms. The number of ether oxygens (including phenoxy) is 2. The maximum atomic E-state index is 11.8. The zero-order chi connectivity index (χ0) is 16.8. The van der Waals surface area contributed by atoms with Crippen molar-refractivity contribution >= 4 is 16.7 Å². The maximum absolute atomic E-state index is 11.8. The van der Waals surface area contributed by atoms with E-state index in [1.807, 2.05) is 42.5 Å². The lowest BCUT2D eigenvalue weighted by atomic mass is 10.0. The van der Waals surface area contributed by atoms with E-state index in [4.69, 9.17) is 15.2 Å². The summed E-state index contributed by atoms with van der Waals surface area (Å²) in [5, 5.41) is 0. The van der Waals surface area contributed by atoms with Crippen molar-refractivity contribution in [1.29, 1.82) is 0 Å². The highest BCUT2D eigenvalue weighted by molar-refractivity contribution is 7.84. The second-order valence-corrected chi connectivity index (χ2v) is 6.42. The Morgan fingerprint density at radius 1 is 1.04 bits per heavy atom. The Bertz CT molecular complexity index is 730. The molecule has 0 spiro atoms. The maximum Gasteiger partial charge on any atom is 0.230 e. The van der Waals surface area contributed by atoms with Gasteiger partial charge in [0.15, 0.2) is 11.5 Å². The molecule has 0 aromatic heterocycles. The van der Waals surface area contributed by atoms with Crippen LogP contribution in [0.15, 0.2) is 42.5 Å². The lowest BCUT2D eigenvalue weighted by molar-refractivity contribution is -0.115. The standard InChI is InChI=1S/C17H19NO4S/c1-21-15-7-6-14(9-16(15)22-2)13-5-3-4-12(8-13)10-23(20)11-17(18)19/h3-9H,10-11H2,1-2H3,(H2,18,19). The number of nitrogens with two attached hydrogens (primary N) is 1. The van der Waals surface area contributed by atoms with Gasteiger partial charge in [0, 0.05) is 16.6 Å². The number of rotatable bonds is 7. The van der Waals surface area contributed by atoms with Gasteiger partial charge in [-0.25, -0.2) is 0 Å². The molecule has 0 saturated carbocycles. The van der Waals surface area contributed by atoms with Gasteiger partial charge in [-0.15, -0.1) is 0 Å². The van der Waals surface area contributed by atoms with Crippen LogP contribution in [0.3, 0.4) is 0 Å². The molecule has 0 aliphatic rings. The summed E-state index contributed by atoms with van der Waals surface area (Å²) in [6.07, 6.45) is 0. The van der Waals surface area contributed by atoms with Gasteiger partial charge in [0.1, 0.15) is 5.75 Å². The third kappa shape index (κ3) is 4.56. The second-order valence-electron chi connectivity index (χ2n) is 4.96. The topological polar surface area (TPSA) is 78.6 Å². The SMILES string of the molecule is COc1ccc(-c2cccc(CS(=O)CC(N)=O)c2)cc1OC. The fraction of sp³-hybridized carbons (Fsp3) is 0.235. The Morgan fingerprint density at radius 2 is 1.74 bits per heavy atom. The molecular formula is C17H19NO4S. The van der Waals surface area contributed by atoms with Crippen molar-refractivity contribution in [3.8, 4) is 22.6 Å². The van der Waals surface area contributed by atoms with Crippen LogP contribution >= 0.6 is 0 Å². The van der Waals surface area contributed by atoms with Crippen LogP contribution in [0.1, 0.15) is 5.56 Å². The molecule has 2 aromatic carbocycles. The Labute approximate surface area is 137 Å². The van der Waals surface area contributed by atoms with E-state index in [0.29, 0.717) is 17.3 Å². The van der Waals surface area contributed by atoms with E-state index in [9.17, 15) is 9.00 Å². The molecule has 0 aliphatic heterocycles. The molecule has 0 fully saturated rings. The summed E-state index contributed by atoms with van der Waals surface area (Å²) in [6, 6.07) is 13.3. The number of hydrogen-bond acceptors (Lipinski definition) is 4. The molecule has 1 amide bonds. The van der Waals surface area contributed by atoms with E-state index < -0.39 is 16.7 Å². The van der Waals surface area contributed by atoms with Crippen LogP contribution in [0.2, 0.25) is 0 Å². The van der Waals surface area contributed by atoms with E-state index in [-0.39, 0.29) is 5.75 Å². The van der Waals surface area contributed by atoms with E-state index in [0.717, 1.165) is 16.7 Å². The largest absolute Gasteiger partial charge is 0.493 e. The van der Waals surface area contributed by atoms with Crippen LogP contribution in [-0.2, 0) is 21.3 Å². The molecule has 0 saturated heterocycles. The lowest BCUT2D eigenvalue weighted by Gasteiger charge is -2.10. The number of amides is 1. The summed E-state index contributed by atoms with van der Waals surface area (Å²) in [7, 11) is 1.88. The zero-order valence-corrected chi connectivity index (χ0v) is 13.9. The number of carbonyl (C=O) groups is 1. The van der Waals surface area contributed by atoms with Gasteiger partial charge in [0.2, 0.25) is 5.91 Å². The van der Waals surface area contributed by atoms with Crippen molar-refractivity contribution < 1.29 is 18.5 Å². The summed E-state index contributed by atoms with van der Waals surface area (Å²) in [5.41, 5.74) is 7.89. The summed E-state index contributed by atoms with van der Waals surface area (Å²) in [6.45, 7) is 0. The van der Waals surface area contributed by atoms with Crippen molar-refractivity contribution in [2.45, 2.75) is 5.75 Å². The summed E-state index contributed by atoms with van der Waals surface area (Å²) >= 11 is 0. The van der Waals surface area contributed by atoms with Crippen LogP contribution in [0.25, 0.3) is 11.1 Å². The number of benzene rings is 2. The number of carbonyl (C=O) groups excluding carboxylic acids is 1.